The highest BCUT2D eigenvalue weighted by Crippen LogP contribution is 2.27. The Morgan fingerprint density at radius 1 is 1.11 bits per heavy atom. The van der Waals surface area contributed by atoms with Gasteiger partial charge in [-0.05, 0) is 37.3 Å². The van der Waals surface area contributed by atoms with Crippen LogP contribution in [0.1, 0.15) is 33.3 Å². The highest BCUT2D eigenvalue weighted by Gasteiger charge is 2.28. The van der Waals surface area contributed by atoms with Crippen molar-refractivity contribution in [2.75, 3.05) is 32.9 Å². The van der Waals surface area contributed by atoms with Gasteiger partial charge in [0, 0.05) is 30.4 Å². The average molecular weight is 381 g/mol. The third kappa shape index (κ3) is 3.71. The molecule has 0 saturated carbocycles. The highest BCUT2D eigenvalue weighted by molar-refractivity contribution is 5.95. The van der Waals surface area contributed by atoms with Crippen molar-refractivity contribution in [1.82, 2.24) is 14.8 Å². The molecule has 0 radical (unpaired) electrons. The van der Waals surface area contributed by atoms with Gasteiger partial charge in [0.1, 0.15) is 18.1 Å². The summed E-state index contributed by atoms with van der Waals surface area (Å²) in [5, 5.41) is 0. The van der Waals surface area contributed by atoms with Crippen molar-refractivity contribution in [3.05, 3.63) is 59.4 Å². The quantitative estimate of drug-likeness (QED) is 0.795. The fourth-order valence-electron chi connectivity index (χ4n) is 3.47. The predicted octanol–water partition coefficient (Wildman–Crippen LogP) is 1.98. The number of morpholine rings is 1. The zero-order valence-electron chi connectivity index (χ0n) is 15.8. The summed E-state index contributed by atoms with van der Waals surface area (Å²) < 4.78 is 11.2. The molecule has 1 aromatic carbocycles. The Bertz CT molecular complexity index is 865. The number of hydrogen-bond acceptors (Lipinski definition) is 5. The van der Waals surface area contributed by atoms with Gasteiger partial charge in [-0.1, -0.05) is 6.07 Å². The van der Waals surface area contributed by atoms with Crippen molar-refractivity contribution in [2.45, 2.75) is 19.5 Å². The lowest BCUT2D eigenvalue weighted by Crippen LogP contribution is -2.41. The van der Waals surface area contributed by atoms with Gasteiger partial charge in [-0.3, -0.25) is 14.6 Å². The minimum Gasteiger partial charge on any atom is -0.491 e. The SMILES string of the molecule is C[C@H]1COc2ccc(C(=O)N3CCOCC3)cc2CN1C(=O)c1ccccn1. The first-order valence-electron chi connectivity index (χ1n) is 9.48. The van der Waals surface area contributed by atoms with Crippen LogP contribution in [0.25, 0.3) is 0 Å². The lowest BCUT2D eigenvalue weighted by atomic mass is 10.1. The number of benzene rings is 1. The Kier molecular flexibility index (Phi) is 5.25. The van der Waals surface area contributed by atoms with E-state index in [4.69, 9.17) is 9.47 Å². The monoisotopic (exact) mass is 381 g/mol. The molecule has 0 bridgehead atoms. The fourth-order valence-corrected chi connectivity index (χ4v) is 3.47. The minimum atomic E-state index is -0.144. The second kappa shape index (κ2) is 7.98. The van der Waals surface area contributed by atoms with Crippen molar-refractivity contribution < 1.29 is 19.1 Å². The standard InChI is InChI=1S/C21H23N3O4/c1-15-14-28-19-6-5-16(20(25)23-8-10-27-11-9-23)12-17(19)13-24(15)21(26)18-4-2-3-7-22-18/h2-7,12,15H,8-11,13-14H2,1H3/t15-/m0/s1. The first-order valence-corrected chi connectivity index (χ1v) is 9.48. The molecule has 1 atom stereocenters. The molecule has 2 aliphatic rings. The summed E-state index contributed by atoms with van der Waals surface area (Å²) in [7, 11) is 0. The number of ether oxygens (including phenoxy) is 2. The van der Waals surface area contributed by atoms with E-state index in [1.165, 1.54) is 0 Å². The summed E-state index contributed by atoms with van der Waals surface area (Å²) in [4.78, 5) is 33.5. The minimum absolute atomic E-state index is 0.0222. The number of rotatable bonds is 2. The molecule has 0 spiro atoms. The van der Waals surface area contributed by atoms with E-state index in [-0.39, 0.29) is 17.9 Å². The number of fused-ring (bicyclic) bond motifs is 1. The summed E-state index contributed by atoms with van der Waals surface area (Å²) >= 11 is 0. The molecule has 0 N–H and O–H groups in total. The highest BCUT2D eigenvalue weighted by atomic mass is 16.5. The van der Waals surface area contributed by atoms with Gasteiger partial charge < -0.3 is 19.3 Å². The molecule has 28 heavy (non-hydrogen) atoms. The number of hydrogen-bond donors (Lipinski definition) is 0. The molecule has 2 amide bonds. The van der Waals surface area contributed by atoms with E-state index in [9.17, 15) is 9.59 Å². The largest absolute Gasteiger partial charge is 0.491 e. The zero-order chi connectivity index (χ0) is 19.5. The molecule has 3 heterocycles. The molecule has 146 valence electrons. The van der Waals surface area contributed by atoms with E-state index in [1.54, 1.807) is 40.3 Å². The maximum Gasteiger partial charge on any atom is 0.273 e. The van der Waals surface area contributed by atoms with Gasteiger partial charge in [-0.2, -0.15) is 0 Å². The molecular weight excluding hydrogens is 358 g/mol. The normalized spacial score (nSPS) is 19.4. The summed E-state index contributed by atoms with van der Waals surface area (Å²) in [5.41, 5.74) is 1.83. The van der Waals surface area contributed by atoms with Gasteiger partial charge >= 0.3 is 0 Å². The number of carbonyl (C=O) groups is 2. The van der Waals surface area contributed by atoms with E-state index in [0.717, 1.165) is 5.56 Å². The van der Waals surface area contributed by atoms with Crippen LogP contribution in [0.5, 0.6) is 5.75 Å². The van der Waals surface area contributed by atoms with Crippen LogP contribution in [0.2, 0.25) is 0 Å². The number of carbonyl (C=O) groups excluding carboxylic acids is 2. The molecule has 7 heteroatoms. The molecule has 7 nitrogen and oxygen atoms in total. The van der Waals surface area contributed by atoms with Crippen molar-refractivity contribution in [2.24, 2.45) is 0 Å². The number of pyridine rings is 1. The number of nitrogens with zero attached hydrogens (tertiary/aromatic N) is 3. The summed E-state index contributed by atoms with van der Waals surface area (Å²) in [5.74, 6) is 0.544. The predicted molar refractivity (Wildman–Crippen MR) is 102 cm³/mol. The third-order valence-corrected chi connectivity index (χ3v) is 5.10. The molecule has 1 aromatic heterocycles. The first-order chi connectivity index (χ1) is 13.6. The van der Waals surface area contributed by atoms with Crippen LogP contribution < -0.4 is 4.74 Å². The van der Waals surface area contributed by atoms with Crippen LogP contribution in [-0.4, -0.2) is 65.6 Å². The van der Waals surface area contributed by atoms with Gasteiger partial charge in [0.25, 0.3) is 11.8 Å². The zero-order valence-corrected chi connectivity index (χ0v) is 15.8. The Balaban J connectivity index is 1.59. The van der Waals surface area contributed by atoms with Crippen molar-refractivity contribution in [1.29, 1.82) is 0 Å². The van der Waals surface area contributed by atoms with Crippen LogP contribution in [0, 0.1) is 0 Å². The van der Waals surface area contributed by atoms with Crippen LogP contribution in [0.3, 0.4) is 0 Å². The van der Waals surface area contributed by atoms with E-state index >= 15 is 0 Å². The number of amides is 2. The molecule has 2 aliphatic heterocycles. The molecule has 4 rings (SSSR count). The molecular formula is C21H23N3O4. The van der Waals surface area contributed by atoms with Crippen LogP contribution >= 0.6 is 0 Å². The van der Waals surface area contributed by atoms with E-state index in [2.05, 4.69) is 4.98 Å². The summed E-state index contributed by atoms with van der Waals surface area (Å²) in [6.45, 7) is 5.01. The average Bonchev–Trinajstić information content (AvgIpc) is 2.92. The second-order valence-corrected chi connectivity index (χ2v) is 7.04. The maximum absolute atomic E-state index is 13.0. The molecule has 1 saturated heterocycles. The third-order valence-electron chi connectivity index (χ3n) is 5.10. The van der Waals surface area contributed by atoms with Crippen molar-refractivity contribution in [3.63, 3.8) is 0 Å². The van der Waals surface area contributed by atoms with Gasteiger partial charge in [-0.15, -0.1) is 0 Å². The lowest BCUT2D eigenvalue weighted by molar-refractivity contribution is 0.0303. The Labute approximate surface area is 163 Å². The van der Waals surface area contributed by atoms with Gasteiger partial charge in [0.05, 0.1) is 25.8 Å². The van der Waals surface area contributed by atoms with Gasteiger partial charge in [0.15, 0.2) is 0 Å². The van der Waals surface area contributed by atoms with Crippen LogP contribution in [0.15, 0.2) is 42.6 Å². The lowest BCUT2D eigenvalue weighted by Gasteiger charge is -2.27. The summed E-state index contributed by atoms with van der Waals surface area (Å²) in [6, 6.07) is 10.6. The van der Waals surface area contributed by atoms with Crippen molar-refractivity contribution >= 4 is 11.8 Å². The molecule has 2 aromatic rings. The van der Waals surface area contributed by atoms with Crippen molar-refractivity contribution in [3.8, 4) is 5.75 Å². The van der Waals surface area contributed by atoms with Crippen LogP contribution in [0.4, 0.5) is 0 Å². The number of aromatic nitrogens is 1. The first kappa shape index (κ1) is 18.4. The fraction of sp³-hybridized carbons (Fsp3) is 0.381. The van der Waals surface area contributed by atoms with Gasteiger partial charge in [-0.25, -0.2) is 0 Å². The molecule has 0 aliphatic carbocycles. The Hall–Kier alpha value is -2.93. The van der Waals surface area contributed by atoms with E-state index in [0.29, 0.717) is 56.5 Å². The maximum atomic E-state index is 13.0. The molecule has 1 fully saturated rings. The Morgan fingerprint density at radius 3 is 2.68 bits per heavy atom. The molecule has 0 unspecified atom stereocenters. The van der Waals surface area contributed by atoms with E-state index in [1.807, 2.05) is 19.1 Å². The smallest absolute Gasteiger partial charge is 0.273 e. The Morgan fingerprint density at radius 2 is 1.93 bits per heavy atom. The second-order valence-electron chi connectivity index (χ2n) is 7.04. The van der Waals surface area contributed by atoms with Gasteiger partial charge in [0.2, 0.25) is 0 Å². The van der Waals surface area contributed by atoms with Crippen LogP contribution in [-0.2, 0) is 11.3 Å². The summed E-state index contributed by atoms with van der Waals surface area (Å²) in [6.07, 6.45) is 1.61. The topological polar surface area (TPSA) is 72.0 Å². The van der Waals surface area contributed by atoms with E-state index < -0.39 is 0 Å².